The Kier molecular flexibility index (Phi) is 3.24. The molecule has 0 unspecified atom stereocenters. The zero-order valence-electron chi connectivity index (χ0n) is 6.29. The van der Waals surface area contributed by atoms with Crippen LogP contribution in [0.25, 0.3) is 0 Å². The van der Waals surface area contributed by atoms with Crippen LogP contribution in [0, 0.1) is 12.3 Å². The normalized spacial score (nSPS) is 9.00. The first-order valence-corrected chi connectivity index (χ1v) is 3.48. The van der Waals surface area contributed by atoms with Gasteiger partial charge in [0.2, 0.25) is 0 Å². The first-order valence-electron chi connectivity index (χ1n) is 3.48. The van der Waals surface area contributed by atoms with Crippen LogP contribution in [-0.2, 0) is 11.3 Å². The minimum atomic E-state index is 0.384. The van der Waals surface area contributed by atoms with Crippen molar-refractivity contribution < 1.29 is 4.74 Å². The van der Waals surface area contributed by atoms with Crippen LogP contribution in [0.1, 0.15) is 5.56 Å². The third-order valence-electron chi connectivity index (χ3n) is 1.30. The van der Waals surface area contributed by atoms with Crippen molar-refractivity contribution in [3.8, 4) is 12.3 Å². The van der Waals surface area contributed by atoms with E-state index in [4.69, 9.17) is 11.2 Å². The van der Waals surface area contributed by atoms with Gasteiger partial charge in [0, 0.05) is 0 Å². The van der Waals surface area contributed by atoms with Crippen molar-refractivity contribution in [3.05, 3.63) is 35.9 Å². The molecule has 0 spiro atoms. The predicted octanol–water partition coefficient (Wildman–Crippen LogP) is 1.84. The maximum atomic E-state index is 5.13. The number of rotatable bonds is 3. The predicted molar refractivity (Wildman–Crippen MR) is 44.9 cm³/mol. The topological polar surface area (TPSA) is 9.23 Å². The molecule has 0 atom stereocenters. The Labute approximate surface area is 67.0 Å². The lowest BCUT2D eigenvalue weighted by Crippen LogP contribution is -1.91. The van der Waals surface area contributed by atoms with Gasteiger partial charge >= 0.3 is 0 Å². The Bertz CT molecular complexity index is 233. The van der Waals surface area contributed by atoms with Crippen LogP contribution in [0.15, 0.2) is 30.3 Å². The maximum absolute atomic E-state index is 5.13. The van der Waals surface area contributed by atoms with Gasteiger partial charge in [-0.2, -0.15) is 0 Å². The second kappa shape index (κ2) is 4.54. The molecule has 11 heavy (non-hydrogen) atoms. The Morgan fingerprint density at radius 1 is 1.27 bits per heavy atom. The summed E-state index contributed by atoms with van der Waals surface area (Å²) in [5.41, 5.74) is 1.16. The lowest BCUT2D eigenvalue weighted by Gasteiger charge is -1.98. The molecule has 1 nitrogen and oxygen atoms in total. The smallest absolute Gasteiger partial charge is 0.107 e. The van der Waals surface area contributed by atoms with Crippen molar-refractivity contribution in [1.82, 2.24) is 0 Å². The third-order valence-corrected chi connectivity index (χ3v) is 1.30. The second-order valence-corrected chi connectivity index (χ2v) is 2.18. The fraction of sp³-hybridized carbons (Fsp3) is 0.200. The van der Waals surface area contributed by atoms with Gasteiger partial charge in [-0.25, -0.2) is 0 Å². The molecular weight excluding hydrogens is 136 g/mol. The van der Waals surface area contributed by atoms with Crippen LogP contribution in [0.3, 0.4) is 0 Å². The van der Waals surface area contributed by atoms with E-state index in [1.165, 1.54) is 0 Å². The Morgan fingerprint density at radius 2 is 2.00 bits per heavy atom. The van der Waals surface area contributed by atoms with Crippen molar-refractivity contribution in [1.29, 1.82) is 0 Å². The van der Waals surface area contributed by atoms with E-state index < -0.39 is 0 Å². The van der Waals surface area contributed by atoms with Crippen LogP contribution in [0.2, 0.25) is 0 Å². The number of terminal acetylenes is 1. The lowest BCUT2D eigenvalue weighted by atomic mass is 10.2. The molecule has 0 aliphatic rings. The van der Waals surface area contributed by atoms with E-state index in [2.05, 4.69) is 5.92 Å². The van der Waals surface area contributed by atoms with E-state index in [0.717, 1.165) is 5.56 Å². The molecular formula is C10H10O. The van der Waals surface area contributed by atoms with Crippen LogP contribution >= 0.6 is 0 Å². The highest BCUT2D eigenvalue weighted by Gasteiger charge is 1.87. The largest absolute Gasteiger partial charge is 0.364 e. The minimum Gasteiger partial charge on any atom is -0.364 e. The number of hydrogen-bond acceptors (Lipinski definition) is 1. The van der Waals surface area contributed by atoms with Crippen LogP contribution < -0.4 is 0 Å². The van der Waals surface area contributed by atoms with Gasteiger partial charge in [0.25, 0.3) is 0 Å². The molecule has 0 amide bonds. The standard InChI is InChI=1S/C10H10O/c1-2-8-11-9-10-6-4-3-5-7-10/h1,3-7H,8-9H2. The first-order chi connectivity index (χ1) is 5.43. The molecule has 1 heteroatoms. The van der Waals surface area contributed by atoms with Gasteiger partial charge in [0.15, 0.2) is 0 Å². The average Bonchev–Trinajstić information content (AvgIpc) is 2.07. The SMILES string of the molecule is C#CCOCc1ccccc1. The van der Waals surface area contributed by atoms with Gasteiger partial charge in [-0.1, -0.05) is 36.3 Å². The molecule has 1 aromatic rings. The molecule has 0 aliphatic carbocycles. The molecule has 0 bridgehead atoms. The molecule has 0 N–H and O–H groups in total. The lowest BCUT2D eigenvalue weighted by molar-refractivity contribution is 0.153. The summed E-state index contributed by atoms with van der Waals surface area (Å²) >= 11 is 0. The summed E-state index contributed by atoms with van der Waals surface area (Å²) in [6, 6.07) is 9.96. The molecule has 0 aromatic heterocycles. The second-order valence-electron chi connectivity index (χ2n) is 2.18. The summed E-state index contributed by atoms with van der Waals surface area (Å²) in [6.45, 7) is 0.986. The quantitative estimate of drug-likeness (QED) is 0.467. The highest BCUT2D eigenvalue weighted by atomic mass is 16.5. The molecule has 1 rings (SSSR count). The Morgan fingerprint density at radius 3 is 2.64 bits per heavy atom. The van der Waals surface area contributed by atoms with Gasteiger partial charge in [-0.3, -0.25) is 0 Å². The molecule has 0 saturated heterocycles. The van der Waals surface area contributed by atoms with E-state index >= 15 is 0 Å². The van der Waals surface area contributed by atoms with Gasteiger partial charge in [-0.05, 0) is 5.56 Å². The van der Waals surface area contributed by atoms with Crippen LogP contribution in [-0.4, -0.2) is 6.61 Å². The molecule has 0 fully saturated rings. The molecule has 0 heterocycles. The average molecular weight is 146 g/mol. The van der Waals surface area contributed by atoms with Gasteiger partial charge in [0.1, 0.15) is 6.61 Å². The van der Waals surface area contributed by atoms with Crippen molar-refractivity contribution in [2.24, 2.45) is 0 Å². The minimum absolute atomic E-state index is 0.384. The first kappa shape index (κ1) is 7.84. The summed E-state index contributed by atoms with van der Waals surface area (Å²) in [5, 5.41) is 0. The molecule has 0 aliphatic heterocycles. The van der Waals surface area contributed by atoms with Crippen molar-refractivity contribution in [2.45, 2.75) is 6.61 Å². The molecule has 0 radical (unpaired) electrons. The number of benzene rings is 1. The Balaban J connectivity index is 2.35. The fourth-order valence-electron chi connectivity index (χ4n) is 0.802. The van der Waals surface area contributed by atoms with E-state index in [1.54, 1.807) is 0 Å². The van der Waals surface area contributed by atoms with E-state index in [1.807, 2.05) is 30.3 Å². The summed E-state index contributed by atoms with van der Waals surface area (Å²) in [4.78, 5) is 0. The summed E-state index contributed by atoms with van der Waals surface area (Å²) in [6.07, 6.45) is 5.02. The highest BCUT2D eigenvalue weighted by molar-refractivity contribution is 5.13. The van der Waals surface area contributed by atoms with Gasteiger partial charge < -0.3 is 4.74 Å². The monoisotopic (exact) mass is 146 g/mol. The third kappa shape index (κ3) is 2.88. The van der Waals surface area contributed by atoms with Crippen molar-refractivity contribution in [2.75, 3.05) is 6.61 Å². The fourth-order valence-corrected chi connectivity index (χ4v) is 0.802. The summed E-state index contributed by atoms with van der Waals surface area (Å²) in [7, 11) is 0. The van der Waals surface area contributed by atoms with E-state index in [-0.39, 0.29) is 0 Å². The van der Waals surface area contributed by atoms with Gasteiger partial charge in [-0.15, -0.1) is 6.42 Å². The van der Waals surface area contributed by atoms with Crippen molar-refractivity contribution in [3.63, 3.8) is 0 Å². The van der Waals surface area contributed by atoms with E-state index in [9.17, 15) is 0 Å². The van der Waals surface area contributed by atoms with Crippen LogP contribution in [0.4, 0.5) is 0 Å². The Hall–Kier alpha value is -1.26. The number of ether oxygens (including phenoxy) is 1. The molecule has 56 valence electrons. The highest BCUT2D eigenvalue weighted by Crippen LogP contribution is 1.99. The number of hydrogen-bond donors (Lipinski definition) is 0. The zero-order valence-corrected chi connectivity index (χ0v) is 6.29. The zero-order chi connectivity index (χ0) is 7.94. The van der Waals surface area contributed by atoms with Crippen LogP contribution in [0.5, 0.6) is 0 Å². The summed E-state index contributed by atoms with van der Waals surface area (Å²) < 4.78 is 5.13. The van der Waals surface area contributed by atoms with Crippen molar-refractivity contribution >= 4 is 0 Å². The molecule has 1 aromatic carbocycles. The summed E-state index contributed by atoms with van der Waals surface area (Å²) in [5.74, 6) is 2.42. The van der Waals surface area contributed by atoms with Gasteiger partial charge in [0.05, 0.1) is 6.61 Å². The maximum Gasteiger partial charge on any atom is 0.107 e. The van der Waals surface area contributed by atoms with E-state index in [0.29, 0.717) is 13.2 Å². The molecule has 0 saturated carbocycles.